The van der Waals surface area contributed by atoms with Crippen molar-refractivity contribution >= 4 is 34.6 Å². The number of anilines is 2. The smallest absolute Gasteiger partial charge is 0.226 e. The van der Waals surface area contributed by atoms with Gasteiger partial charge in [-0.05, 0) is 92.6 Å². The predicted octanol–water partition coefficient (Wildman–Crippen LogP) is 6.57. The number of carbonyl (C=O) groups excluding carboxylic acids is 1. The van der Waals surface area contributed by atoms with E-state index in [0.717, 1.165) is 39.7 Å². The van der Waals surface area contributed by atoms with Crippen LogP contribution in [0.3, 0.4) is 0 Å². The van der Waals surface area contributed by atoms with Crippen molar-refractivity contribution in [3.63, 3.8) is 0 Å². The third kappa shape index (κ3) is 4.70. The molecule has 1 aliphatic heterocycles. The summed E-state index contributed by atoms with van der Waals surface area (Å²) in [5.74, 6) is -0.0894. The Hall–Kier alpha value is -3.97. The molecule has 2 N–H and O–H groups in total. The van der Waals surface area contributed by atoms with Gasteiger partial charge in [-0.15, -0.1) is 0 Å². The zero-order valence-electron chi connectivity index (χ0n) is 22.4. The van der Waals surface area contributed by atoms with Gasteiger partial charge in [0.25, 0.3) is 0 Å². The zero-order chi connectivity index (χ0) is 27.0. The molecule has 1 amide bonds. The molecule has 5 rings (SSSR count). The van der Waals surface area contributed by atoms with E-state index in [4.69, 9.17) is 17.2 Å². The Kier molecular flexibility index (Phi) is 7.04. The molecule has 0 spiro atoms. The highest BCUT2D eigenvalue weighted by molar-refractivity contribution is 7.80. The molecule has 0 radical (unpaired) electrons. The van der Waals surface area contributed by atoms with Crippen LogP contribution in [-0.2, 0) is 4.79 Å². The number of nitrogens with zero attached hydrogens (tertiary/aromatic N) is 3. The van der Waals surface area contributed by atoms with E-state index in [1.165, 1.54) is 5.56 Å². The van der Waals surface area contributed by atoms with Crippen molar-refractivity contribution in [3.05, 3.63) is 107 Å². The largest absolute Gasteiger partial charge is 0.351 e. The minimum absolute atomic E-state index is 0.000606. The second-order valence-electron chi connectivity index (χ2n) is 10.1. The maximum Gasteiger partial charge on any atom is 0.226 e. The Balaban J connectivity index is 1.61. The molecule has 2 aromatic heterocycles. The highest BCUT2D eigenvalue weighted by Crippen LogP contribution is 2.44. The monoisotopic (exact) mass is 523 g/mol. The highest BCUT2D eigenvalue weighted by atomic mass is 32.1. The third-order valence-electron chi connectivity index (χ3n) is 7.17. The summed E-state index contributed by atoms with van der Waals surface area (Å²) < 4.78 is 2.29. The fourth-order valence-corrected chi connectivity index (χ4v) is 5.57. The lowest BCUT2D eigenvalue weighted by Gasteiger charge is -2.29. The summed E-state index contributed by atoms with van der Waals surface area (Å²) in [5.41, 5.74) is 8.32. The maximum atomic E-state index is 12.3. The lowest BCUT2D eigenvalue weighted by atomic mass is 9.96. The van der Waals surface area contributed by atoms with Crippen LogP contribution in [0.1, 0.15) is 54.1 Å². The molecule has 1 saturated heterocycles. The molecule has 194 valence electrons. The molecule has 0 bridgehead atoms. The first-order chi connectivity index (χ1) is 18.3. The Morgan fingerprint density at radius 2 is 1.71 bits per heavy atom. The summed E-state index contributed by atoms with van der Waals surface area (Å²) in [6.45, 7) is 10.1. The lowest BCUT2D eigenvalue weighted by molar-refractivity contribution is -0.118. The summed E-state index contributed by atoms with van der Waals surface area (Å²) >= 11 is 5.94. The van der Waals surface area contributed by atoms with Crippen molar-refractivity contribution in [2.24, 2.45) is 5.92 Å². The summed E-state index contributed by atoms with van der Waals surface area (Å²) in [5, 5.41) is 7.24. The Morgan fingerprint density at radius 1 is 0.974 bits per heavy atom. The fourth-order valence-electron chi connectivity index (χ4n) is 5.23. The van der Waals surface area contributed by atoms with Gasteiger partial charge in [-0.25, -0.2) is 0 Å². The quantitative estimate of drug-likeness (QED) is 0.280. The number of benzene rings is 2. The van der Waals surface area contributed by atoms with Gasteiger partial charge < -0.3 is 20.1 Å². The van der Waals surface area contributed by atoms with Gasteiger partial charge in [0, 0.05) is 40.6 Å². The van der Waals surface area contributed by atoms with Crippen molar-refractivity contribution in [2.45, 2.75) is 46.7 Å². The summed E-state index contributed by atoms with van der Waals surface area (Å²) in [6.07, 6.45) is 1.82. The highest BCUT2D eigenvalue weighted by Gasteiger charge is 2.42. The molecular weight excluding hydrogens is 490 g/mol. The molecule has 0 aliphatic carbocycles. The number of para-hydroxylation sites is 1. The number of amides is 1. The van der Waals surface area contributed by atoms with Crippen LogP contribution < -0.4 is 15.5 Å². The Bertz CT molecular complexity index is 1480. The zero-order valence-corrected chi connectivity index (χ0v) is 23.2. The van der Waals surface area contributed by atoms with E-state index in [2.05, 4.69) is 70.3 Å². The standard InChI is InChI=1S/C31H33N5OS/c1-19(2)30(37)33-26-15-14-24(17-20(26)3)36-29(28(34-31(36)38)27-13-9-10-16-32-27)25-18-21(4)35(22(25)5)23-11-7-6-8-12-23/h6-19,28-29H,1-5H3,(H,33,37)(H,34,38)/t28-,29+/m1/s1. The van der Waals surface area contributed by atoms with Crippen LogP contribution in [0.15, 0.2) is 79.0 Å². The number of nitrogens with one attached hydrogen (secondary N) is 2. The number of rotatable bonds is 6. The van der Waals surface area contributed by atoms with Gasteiger partial charge >= 0.3 is 0 Å². The van der Waals surface area contributed by atoms with Crippen molar-refractivity contribution in [1.82, 2.24) is 14.9 Å². The molecule has 4 aromatic rings. The number of hydrogen-bond donors (Lipinski definition) is 2. The molecule has 1 fully saturated rings. The van der Waals surface area contributed by atoms with Gasteiger partial charge in [0.2, 0.25) is 5.91 Å². The topological polar surface area (TPSA) is 62.2 Å². The van der Waals surface area contributed by atoms with E-state index in [-0.39, 0.29) is 23.9 Å². The molecule has 2 aromatic carbocycles. The predicted molar refractivity (Wildman–Crippen MR) is 158 cm³/mol. The first kappa shape index (κ1) is 25.7. The molecule has 3 heterocycles. The van der Waals surface area contributed by atoms with Gasteiger partial charge in [-0.2, -0.15) is 0 Å². The first-order valence-electron chi connectivity index (χ1n) is 12.9. The van der Waals surface area contributed by atoms with Gasteiger partial charge in [0.1, 0.15) is 0 Å². The average molecular weight is 524 g/mol. The maximum absolute atomic E-state index is 12.3. The normalized spacial score (nSPS) is 17.1. The number of hydrogen-bond acceptors (Lipinski definition) is 3. The molecule has 6 nitrogen and oxygen atoms in total. The minimum Gasteiger partial charge on any atom is -0.351 e. The van der Waals surface area contributed by atoms with E-state index < -0.39 is 0 Å². The van der Waals surface area contributed by atoms with Crippen LogP contribution in [0.5, 0.6) is 0 Å². The number of aromatic nitrogens is 2. The second-order valence-corrected chi connectivity index (χ2v) is 10.5. The summed E-state index contributed by atoms with van der Waals surface area (Å²) in [6, 6.07) is 24.5. The first-order valence-corrected chi connectivity index (χ1v) is 13.3. The van der Waals surface area contributed by atoms with Gasteiger partial charge in [-0.3, -0.25) is 9.78 Å². The molecule has 1 aliphatic rings. The van der Waals surface area contributed by atoms with Crippen LogP contribution in [0.25, 0.3) is 5.69 Å². The lowest BCUT2D eigenvalue weighted by Crippen LogP contribution is -2.29. The molecule has 0 saturated carbocycles. The fraction of sp³-hybridized carbons (Fsp3) is 0.258. The van der Waals surface area contributed by atoms with Gasteiger partial charge in [0.05, 0.1) is 17.8 Å². The van der Waals surface area contributed by atoms with Crippen molar-refractivity contribution in [2.75, 3.05) is 10.2 Å². The third-order valence-corrected chi connectivity index (χ3v) is 7.49. The number of thiocarbonyl (C=S) groups is 1. The van der Waals surface area contributed by atoms with E-state index in [1.54, 1.807) is 0 Å². The number of carbonyl (C=O) groups is 1. The van der Waals surface area contributed by atoms with Crippen LogP contribution in [0, 0.1) is 26.7 Å². The second kappa shape index (κ2) is 10.4. The number of pyridine rings is 1. The average Bonchev–Trinajstić information content (AvgIpc) is 3.41. The van der Waals surface area contributed by atoms with Gasteiger partial charge in [-0.1, -0.05) is 38.1 Å². The van der Waals surface area contributed by atoms with Crippen molar-refractivity contribution in [1.29, 1.82) is 0 Å². The van der Waals surface area contributed by atoms with E-state index in [1.807, 2.05) is 63.4 Å². The van der Waals surface area contributed by atoms with Crippen LogP contribution >= 0.6 is 12.2 Å². The van der Waals surface area contributed by atoms with E-state index in [0.29, 0.717) is 5.11 Å². The van der Waals surface area contributed by atoms with Crippen molar-refractivity contribution < 1.29 is 4.79 Å². The van der Waals surface area contributed by atoms with E-state index >= 15 is 0 Å². The van der Waals surface area contributed by atoms with Gasteiger partial charge in [0.15, 0.2) is 5.11 Å². The summed E-state index contributed by atoms with van der Waals surface area (Å²) in [4.78, 5) is 19.2. The molecule has 0 unspecified atom stereocenters. The molecule has 38 heavy (non-hydrogen) atoms. The minimum atomic E-state index is -0.131. The van der Waals surface area contributed by atoms with Crippen molar-refractivity contribution in [3.8, 4) is 5.69 Å². The molecule has 7 heteroatoms. The molecule has 2 atom stereocenters. The molecular formula is C31H33N5OS. The Morgan fingerprint density at radius 3 is 2.37 bits per heavy atom. The summed E-state index contributed by atoms with van der Waals surface area (Å²) in [7, 11) is 0. The van der Waals surface area contributed by atoms with Crippen LogP contribution in [-0.4, -0.2) is 20.6 Å². The van der Waals surface area contributed by atoms with Crippen LogP contribution in [0.2, 0.25) is 0 Å². The van der Waals surface area contributed by atoms with Crippen LogP contribution in [0.4, 0.5) is 11.4 Å². The SMILES string of the molecule is Cc1cc(N2C(=S)N[C@H](c3ccccn3)[C@@H]2c2cc(C)n(-c3ccccc3)c2C)ccc1NC(=O)C(C)C. The Labute approximate surface area is 229 Å². The van der Waals surface area contributed by atoms with E-state index in [9.17, 15) is 4.79 Å². The number of aryl methyl sites for hydroxylation is 2.